The highest BCUT2D eigenvalue weighted by molar-refractivity contribution is 9.10. The molecule has 1 saturated carbocycles. The SMILES string of the molecule is Cc1ccc(NC2=NC3(CCCC(C)C3)CS2)c(Br)c1. The zero-order valence-electron chi connectivity index (χ0n) is 12.1. The van der Waals surface area contributed by atoms with E-state index in [-0.39, 0.29) is 5.54 Å². The number of aryl methyl sites for hydroxylation is 1. The third-order valence-corrected chi connectivity index (χ3v) is 6.05. The van der Waals surface area contributed by atoms with E-state index in [0.29, 0.717) is 0 Å². The summed E-state index contributed by atoms with van der Waals surface area (Å²) in [4.78, 5) is 5.04. The Morgan fingerprint density at radius 3 is 3.05 bits per heavy atom. The molecule has 1 fully saturated rings. The second kappa shape index (κ2) is 5.72. The van der Waals surface area contributed by atoms with Gasteiger partial charge < -0.3 is 5.32 Å². The van der Waals surface area contributed by atoms with Crippen molar-refractivity contribution < 1.29 is 0 Å². The zero-order chi connectivity index (χ0) is 14.2. The monoisotopic (exact) mass is 352 g/mol. The lowest BCUT2D eigenvalue weighted by Gasteiger charge is -2.33. The summed E-state index contributed by atoms with van der Waals surface area (Å²) in [5, 5.41) is 4.58. The van der Waals surface area contributed by atoms with Crippen LogP contribution in [0.5, 0.6) is 0 Å². The first-order valence-electron chi connectivity index (χ1n) is 7.32. The minimum Gasteiger partial charge on any atom is -0.334 e. The molecule has 2 unspecified atom stereocenters. The van der Waals surface area contributed by atoms with Crippen molar-refractivity contribution in [2.24, 2.45) is 10.9 Å². The topological polar surface area (TPSA) is 24.4 Å². The first kappa shape index (κ1) is 14.5. The molecule has 0 bridgehead atoms. The molecule has 108 valence electrons. The van der Waals surface area contributed by atoms with Gasteiger partial charge in [0.2, 0.25) is 0 Å². The first-order valence-corrected chi connectivity index (χ1v) is 9.10. The number of hydrogen-bond donors (Lipinski definition) is 1. The van der Waals surface area contributed by atoms with Gasteiger partial charge in [-0.3, -0.25) is 4.99 Å². The van der Waals surface area contributed by atoms with Gasteiger partial charge in [0.05, 0.1) is 11.2 Å². The van der Waals surface area contributed by atoms with Crippen LogP contribution in [0, 0.1) is 12.8 Å². The molecule has 0 amide bonds. The fourth-order valence-corrected chi connectivity index (χ4v) is 5.01. The van der Waals surface area contributed by atoms with Crippen molar-refractivity contribution in [3.05, 3.63) is 28.2 Å². The maximum Gasteiger partial charge on any atom is 0.161 e. The number of aliphatic imine (C=N–C) groups is 1. The molecule has 4 heteroatoms. The average molecular weight is 353 g/mol. The molecule has 0 saturated heterocycles. The van der Waals surface area contributed by atoms with E-state index in [0.717, 1.165) is 27.0 Å². The van der Waals surface area contributed by atoms with E-state index in [1.165, 1.54) is 31.2 Å². The Labute approximate surface area is 134 Å². The number of halogens is 1. The summed E-state index contributed by atoms with van der Waals surface area (Å²) in [6.07, 6.45) is 5.20. The van der Waals surface area contributed by atoms with Crippen LogP contribution in [-0.4, -0.2) is 16.5 Å². The van der Waals surface area contributed by atoms with Gasteiger partial charge in [-0.15, -0.1) is 0 Å². The highest BCUT2D eigenvalue weighted by Crippen LogP contribution is 2.42. The molecule has 1 aliphatic heterocycles. The van der Waals surface area contributed by atoms with Crippen molar-refractivity contribution in [1.29, 1.82) is 0 Å². The van der Waals surface area contributed by atoms with Crippen molar-refractivity contribution in [3.8, 4) is 0 Å². The lowest BCUT2D eigenvalue weighted by molar-refractivity contribution is 0.266. The Morgan fingerprint density at radius 2 is 2.30 bits per heavy atom. The molecule has 2 nitrogen and oxygen atoms in total. The third-order valence-electron chi connectivity index (χ3n) is 4.25. The van der Waals surface area contributed by atoms with Gasteiger partial charge in [-0.1, -0.05) is 37.6 Å². The molecule has 2 atom stereocenters. The smallest absolute Gasteiger partial charge is 0.161 e. The molecule has 0 aromatic heterocycles. The van der Waals surface area contributed by atoms with E-state index in [2.05, 4.69) is 53.3 Å². The standard InChI is InChI=1S/C16H21BrN2S/c1-11-5-6-14(13(17)8-11)18-15-19-16(10-20-15)7-3-4-12(2)9-16/h5-6,8,12H,3-4,7,9-10H2,1-2H3,(H,18,19). The molecule has 1 aliphatic carbocycles. The van der Waals surface area contributed by atoms with Gasteiger partial charge >= 0.3 is 0 Å². The number of hydrogen-bond acceptors (Lipinski definition) is 3. The van der Waals surface area contributed by atoms with Gasteiger partial charge in [0.25, 0.3) is 0 Å². The number of thioether (sulfide) groups is 1. The van der Waals surface area contributed by atoms with Crippen LogP contribution in [0.2, 0.25) is 0 Å². The van der Waals surface area contributed by atoms with E-state index in [4.69, 9.17) is 4.99 Å². The minimum absolute atomic E-state index is 0.210. The summed E-state index contributed by atoms with van der Waals surface area (Å²) < 4.78 is 1.11. The molecular weight excluding hydrogens is 332 g/mol. The highest BCUT2D eigenvalue weighted by Gasteiger charge is 2.39. The highest BCUT2D eigenvalue weighted by atomic mass is 79.9. The van der Waals surface area contributed by atoms with Gasteiger partial charge in [-0.2, -0.15) is 0 Å². The summed E-state index contributed by atoms with van der Waals surface area (Å²) in [6.45, 7) is 4.47. The summed E-state index contributed by atoms with van der Waals surface area (Å²) in [6, 6.07) is 6.39. The predicted octanol–water partition coefficient (Wildman–Crippen LogP) is 5.22. The van der Waals surface area contributed by atoms with Crippen molar-refractivity contribution >= 4 is 38.5 Å². The summed E-state index contributed by atoms with van der Waals surface area (Å²) >= 11 is 5.50. The number of nitrogens with one attached hydrogen (secondary N) is 1. The van der Waals surface area contributed by atoms with E-state index in [1.807, 2.05) is 11.8 Å². The Morgan fingerprint density at radius 1 is 1.45 bits per heavy atom. The van der Waals surface area contributed by atoms with E-state index in [1.54, 1.807) is 0 Å². The van der Waals surface area contributed by atoms with Crippen LogP contribution in [0.4, 0.5) is 5.69 Å². The van der Waals surface area contributed by atoms with Crippen LogP contribution in [-0.2, 0) is 0 Å². The number of amidine groups is 1. The van der Waals surface area contributed by atoms with Crippen LogP contribution in [0.15, 0.2) is 27.7 Å². The molecule has 2 aliphatic rings. The lowest BCUT2D eigenvalue weighted by atomic mass is 9.78. The van der Waals surface area contributed by atoms with Crippen molar-refractivity contribution in [3.63, 3.8) is 0 Å². The Kier molecular flexibility index (Phi) is 4.14. The number of anilines is 1. The first-order chi connectivity index (χ1) is 9.56. The molecule has 3 rings (SSSR count). The van der Waals surface area contributed by atoms with Crippen LogP contribution >= 0.6 is 27.7 Å². The molecule has 1 heterocycles. The van der Waals surface area contributed by atoms with Gasteiger partial charge in [0, 0.05) is 10.2 Å². The third kappa shape index (κ3) is 3.06. The van der Waals surface area contributed by atoms with Crippen molar-refractivity contribution in [2.45, 2.75) is 45.1 Å². The molecule has 1 N–H and O–H groups in total. The van der Waals surface area contributed by atoms with E-state index < -0.39 is 0 Å². The fourth-order valence-electron chi connectivity index (χ4n) is 3.25. The molecule has 1 spiro atoms. The molecule has 1 aromatic carbocycles. The van der Waals surface area contributed by atoms with Crippen LogP contribution in [0.3, 0.4) is 0 Å². The number of rotatable bonds is 1. The van der Waals surface area contributed by atoms with Crippen molar-refractivity contribution in [1.82, 2.24) is 0 Å². The van der Waals surface area contributed by atoms with Gasteiger partial charge in [0.15, 0.2) is 5.17 Å². The normalized spacial score (nSPS) is 29.6. The molecular formula is C16H21BrN2S. The Hall–Kier alpha value is -0.480. The lowest BCUT2D eigenvalue weighted by Crippen LogP contribution is -2.33. The average Bonchev–Trinajstić information content (AvgIpc) is 2.75. The van der Waals surface area contributed by atoms with Gasteiger partial charge in [0.1, 0.15) is 0 Å². The minimum atomic E-state index is 0.210. The van der Waals surface area contributed by atoms with Crippen LogP contribution in [0.1, 0.15) is 38.2 Å². The summed E-state index contributed by atoms with van der Waals surface area (Å²) in [5.41, 5.74) is 2.59. The van der Waals surface area contributed by atoms with E-state index in [9.17, 15) is 0 Å². The number of benzene rings is 1. The summed E-state index contributed by atoms with van der Waals surface area (Å²) in [5.74, 6) is 1.96. The number of nitrogens with zero attached hydrogens (tertiary/aromatic N) is 1. The van der Waals surface area contributed by atoms with Gasteiger partial charge in [-0.25, -0.2) is 0 Å². The second-order valence-corrected chi connectivity index (χ2v) is 8.06. The fraction of sp³-hybridized carbons (Fsp3) is 0.562. The Bertz CT molecular complexity index is 543. The van der Waals surface area contributed by atoms with Crippen LogP contribution < -0.4 is 5.32 Å². The van der Waals surface area contributed by atoms with Crippen molar-refractivity contribution in [2.75, 3.05) is 11.1 Å². The zero-order valence-corrected chi connectivity index (χ0v) is 14.5. The summed E-state index contributed by atoms with van der Waals surface area (Å²) in [7, 11) is 0. The molecule has 20 heavy (non-hydrogen) atoms. The van der Waals surface area contributed by atoms with Gasteiger partial charge in [-0.05, 0) is 59.3 Å². The molecule has 0 radical (unpaired) electrons. The maximum atomic E-state index is 5.04. The van der Waals surface area contributed by atoms with Crippen LogP contribution in [0.25, 0.3) is 0 Å². The maximum absolute atomic E-state index is 5.04. The predicted molar refractivity (Wildman–Crippen MR) is 92.8 cm³/mol. The largest absolute Gasteiger partial charge is 0.334 e. The Balaban J connectivity index is 1.75. The quantitative estimate of drug-likeness (QED) is 0.748. The second-order valence-electron chi connectivity index (χ2n) is 6.24. The van der Waals surface area contributed by atoms with E-state index >= 15 is 0 Å². The molecule has 1 aromatic rings.